The second-order valence-corrected chi connectivity index (χ2v) is 6.32. The number of rotatable bonds is 8. The van der Waals surface area contributed by atoms with E-state index in [2.05, 4.69) is 13.5 Å². The Morgan fingerprint density at radius 3 is 2.64 bits per heavy atom. The van der Waals surface area contributed by atoms with Gasteiger partial charge in [-0.15, -0.1) is 0 Å². The van der Waals surface area contributed by atoms with Gasteiger partial charge in [-0.2, -0.15) is 8.78 Å². The molecule has 2 atom stereocenters. The van der Waals surface area contributed by atoms with Gasteiger partial charge in [-0.25, -0.2) is 4.39 Å². The van der Waals surface area contributed by atoms with E-state index in [1.807, 2.05) is 0 Å². The van der Waals surface area contributed by atoms with Crippen LogP contribution >= 0.6 is 0 Å². The van der Waals surface area contributed by atoms with E-state index in [1.54, 1.807) is 0 Å². The minimum absolute atomic E-state index is 0.114. The van der Waals surface area contributed by atoms with Crippen LogP contribution in [0.2, 0.25) is 0 Å². The molecule has 25 heavy (non-hydrogen) atoms. The summed E-state index contributed by atoms with van der Waals surface area (Å²) in [7, 11) is 0. The lowest BCUT2D eigenvalue weighted by Crippen LogP contribution is -2.44. The molecule has 0 radical (unpaired) electrons. The molecular weight excluding hydrogens is 333 g/mol. The maximum absolute atomic E-state index is 14.4. The first-order valence-electron chi connectivity index (χ1n) is 8.60. The normalized spacial score (nSPS) is 21.0. The van der Waals surface area contributed by atoms with E-state index in [4.69, 9.17) is 14.2 Å². The summed E-state index contributed by atoms with van der Waals surface area (Å²) in [6.45, 7) is 7.49. The van der Waals surface area contributed by atoms with Gasteiger partial charge in [-0.05, 0) is 44.2 Å². The van der Waals surface area contributed by atoms with Gasteiger partial charge in [0.25, 0.3) is 0 Å². The summed E-state index contributed by atoms with van der Waals surface area (Å²) in [6, 6.07) is 2.56. The van der Waals surface area contributed by atoms with Gasteiger partial charge >= 0.3 is 6.11 Å². The van der Waals surface area contributed by atoms with Crippen LogP contribution in [0, 0.1) is 18.7 Å². The van der Waals surface area contributed by atoms with E-state index >= 15 is 0 Å². The van der Waals surface area contributed by atoms with E-state index in [9.17, 15) is 13.2 Å². The predicted octanol–water partition coefficient (Wildman–Crippen LogP) is 5.27. The lowest BCUT2D eigenvalue weighted by atomic mass is 9.94. The Labute approximate surface area is 146 Å². The van der Waals surface area contributed by atoms with Crippen LogP contribution in [0.4, 0.5) is 13.2 Å². The van der Waals surface area contributed by atoms with Crippen molar-refractivity contribution in [1.29, 1.82) is 0 Å². The summed E-state index contributed by atoms with van der Waals surface area (Å²) < 4.78 is 58.3. The molecule has 2 rings (SSSR count). The molecule has 0 saturated carbocycles. The molecule has 1 aromatic rings. The molecule has 1 fully saturated rings. The van der Waals surface area contributed by atoms with Gasteiger partial charge in [0.15, 0.2) is 17.7 Å². The monoisotopic (exact) mass is 358 g/mol. The second-order valence-electron chi connectivity index (χ2n) is 6.32. The van der Waals surface area contributed by atoms with Crippen LogP contribution < -0.4 is 9.47 Å². The van der Waals surface area contributed by atoms with Crippen LogP contribution in [-0.2, 0) is 4.74 Å². The molecule has 0 aromatic heterocycles. The molecule has 0 spiro atoms. The summed E-state index contributed by atoms with van der Waals surface area (Å²) in [5, 5.41) is 0. The topological polar surface area (TPSA) is 27.7 Å². The largest absolute Gasteiger partial charge is 0.489 e. The average molecular weight is 358 g/mol. The Kier molecular flexibility index (Phi) is 6.76. The van der Waals surface area contributed by atoms with Crippen molar-refractivity contribution in [3.63, 3.8) is 0 Å². The van der Waals surface area contributed by atoms with E-state index in [1.165, 1.54) is 19.1 Å². The van der Waals surface area contributed by atoms with Crippen LogP contribution in [0.25, 0.3) is 0 Å². The molecular formula is C19H25F3O3. The molecule has 3 nitrogen and oxygen atoms in total. The van der Waals surface area contributed by atoms with E-state index in [0.717, 1.165) is 18.9 Å². The Morgan fingerprint density at radius 2 is 2.04 bits per heavy atom. The maximum Gasteiger partial charge on any atom is 0.424 e. The lowest BCUT2D eigenvalue weighted by molar-refractivity contribution is -0.265. The second kappa shape index (κ2) is 8.61. The molecule has 1 aromatic carbocycles. The van der Waals surface area contributed by atoms with Crippen LogP contribution in [-0.4, -0.2) is 25.4 Å². The Balaban J connectivity index is 2.05. The highest BCUT2D eigenvalue weighted by Gasteiger charge is 2.46. The van der Waals surface area contributed by atoms with E-state index in [0.29, 0.717) is 12.3 Å². The third-order valence-corrected chi connectivity index (χ3v) is 4.35. The molecule has 140 valence electrons. The molecule has 0 bridgehead atoms. The summed E-state index contributed by atoms with van der Waals surface area (Å²) in [5.74, 6) is -0.796. The molecule has 1 aliphatic rings. The van der Waals surface area contributed by atoms with Gasteiger partial charge in [0.2, 0.25) is 0 Å². The fourth-order valence-corrected chi connectivity index (χ4v) is 2.95. The van der Waals surface area contributed by atoms with Crippen molar-refractivity contribution in [1.82, 2.24) is 0 Å². The lowest BCUT2D eigenvalue weighted by Gasteiger charge is -2.33. The highest BCUT2D eigenvalue weighted by molar-refractivity contribution is 5.41. The van der Waals surface area contributed by atoms with Gasteiger partial charge in [0, 0.05) is 5.56 Å². The van der Waals surface area contributed by atoms with Gasteiger partial charge in [0.1, 0.15) is 12.4 Å². The average Bonchev–Trinajstić information content (AvgIpc) is 2.59. The molecule has 1 aliphatic heterocycles. The van der Waals surface area contributed by atoms with Crippen molar-refractivity contribution < 1.29 is 27.4 Å². The maximum atomic E-state index is 14.4. The molecule has 0 N–H and O–H groups in total. The highest BCUT2D eigenvalue weighted by Crippen LogP contribution is 2.36. The van der Waals surface area contributed by atoms with E-state index < -0.39 is 23.8 Å². The predicted molar refractivity (Wildman–Crippen MR) is 89.8 cm³/mol. The molecule has 1 heterocycles. The summed E-state index contributed by atoms with van der Waals surface area (Å²) in [5.41, 5.74) is 0.114. The standard InChI is InChI=1S/C19H25F3O3/c1-4-6-14-7-10-17(24-12-14)19(21,22)25-16-9-8-15(23-11-5-2)13(3)18(16)20/h5,8-9,14,17H,2,4,6-7,10-12H2,1,3H3. The van der Waals surface area contributed by atoms with Gasteiger partial charge in [0.05, 0.1) is 6.61 Å². The third-order valence-electron chi connectivity index (χ3n) is 4.35. The van der Waals surface area contributed by atoms with Crippen molar-refractivity contribution >= 4 is 0 Å². The van der Waals surface area contributed by atoms with Crippen molar-refractivity contribution in [2.24, 2.45) is 5.92 Å². The van der Waals surface area contributed by atoms with Crippen molar-refractivity contribution in [2.45, 2.75) is 51.7 Å². The smallest absolute Gasteiger partial charge is 0.424 e. The molecule has 6 heteroatoms. The van der Waals surface area contributed by atoms with Crippen LogP contribution in [0.15, 0.2) is 24.8 Å². The SMILES string of the molecule is C=CCOc1ccc(OC(F)(F)C2CCC(CCC)CO2)c(F)c1C. The molecule has 0 aliphatic carbocycles. The Hall–Kier alpha value is -1.69. The Morgan fingerprint density at radius 1 is 1.32 bits per heavy atom. The zero-order valence-corrected chi connectivity index (χ0v) is 14.7. The fraction of sp³-hybridized carbons (Fsp3) is 0.579. The summed E-state index contributed by atoms with van der Waals surface area (Å²) in [6.07, 6.45) is -0.630. The van der Waals surface area contributed by atoms with Gasteiger partial charge in [-0.3, -0.25) is 0 Å². The quantitative estimate of drug-likeness (QED) is 0.593. The number of halogens is 3. The third kappa shape index (κ3) is 4.91. The first kappa shape index (κ1) is 19.6. The van der Waals surface area contributed by atoms with Crippen LogP contribution in [0.3, 0.4) is 0 Å². The number of ether oxygens (including phenoxy) is 3. The van der Waals surface area contributed by atoms with Gasteiger partial charge in [-0.1, -0.05) is 26.0 Å². The van der Waals surface area contributed by atoms with E-state index in [-0.39, 0.29) is 30.9 Å². The fourth-order valence-electron chi connectivity index (χ4n) is 2.95. The summed E-state index contributed by atoms with van der Waals surface area (Å²) >= 11 is 0. The number of hydrogen-bond donors (Lipinski definition) is 0. The van der Waals surface area contributed by atoms with Gasteiger partial charge < -0.3 is 14.2 Å². The summed E-state index contributed by atoms with van der Waals surface area (Å²) in [4.78, 5) is 0. The molecule has 1 saturated heterocycles. The first-order chi connectivity index (χ1) is 11.9. The van der Waals surface area contributed by atoms with Crippen molar-refractivity contribution in [3.05, 3.63) is 36.2 Å². The molecule has 2 unspecified atom stereocenters. The Bertz CT molecular complexity index is 582. The van der Waals surface area contributed by atoms with Crippen molar-refractivity contribution in [2.75, 3.05) is 13.2 Å². The van der Waals surface area contributed by atoms with Crippen LogP contribution in [0.1, 0.15) is 38.2 Å². The zero-order chi connectivity index (χ0) is 18.4. The minimum Gasteiger partial charge on any atom is -0.489 e. The zero-order valence-electron chi connectivity index (χ0n) is 14.7. The minimum atomic E-state index is -3.59. The number of alkyl halides is 2. The number of hydrogen-bond acceptors (Lipinski definition) is 3. The molecule has 0 amide bonds. The number of benzene rings is 1. The van der Waals surface area contributed by atoms with Crippen LogP contribution in [0.5, 0.6) is 11.5 Å². The highest BCUT2D eigenvalue weighted by atomic mass is 19.3. The van der Waals surface area contributed by atoms with Crippen molar-refractivity contribution in [3.8, 4) is 11.5 Å². The first-order valence-corrected chi connectivity index (χ1v) is 8.60.